The number of fused-ring (bicyclic) bond motifs is 1. The monoisotopic (exact) mass is 570 g/mol. The number of benzene rings is 1. The van der Waals surface area contributed by atoms with Crippen LogP contribution in [0.4, 0.5) is 15.9 Å². The molecule has 2 aromatic heterocycles. The quantitative estimate of drug-likeness (QED) is 0.350. The van der Waals surface area contributed by atoms with Crippen LogP contribution < -0.4 is 15.4 Å². The van der Waals surface area contributed by atoms with Gasteiger partial charge in [0.25, 0.3) is 5.91 Å². The zero-order valence-electron chi connectivity index (χ0n) is 21.2. The number of carbonyl (C=O) groups excluding carboxylic acids is 1. The Hall–Kier alpha value is -2.19. The molecule has 1 fully saturated rings. The SMILES string of the molecule is CO[C@H]1CCCC[C@@H]1Oc1cc(F)ccc1Nc1ncnc2sc(C(=O)NCCCN(C)C)nc12.S.S. The van der Waals surface area contributed by atoms with Crippen LogP contribution in [0.15, 0.2) is 24.5 Å². The second kappa shape index (κ2) is 14.7. The number of halogens is 1. The Morgan fingerprint density at radius 2 is 1.95 bits per heavy atom. The van der Waals surface area contributed by atoms with Crippen LogP contribution in [-0.2, 0) is 4.74 Å². The Morgan fingerprint density at radius 3 is 2.68 bits per heavy atom. The Bertz CT molecular complexity index is 1170. The van der Waals surface area contributed by atoms with Crippen molar-refractivity contribution in [3.05, 3.63) is 35.4 Å². The Balaban J connectivity index is 0.00000241. The van der Waals surface area contributed by atoms with Gasteiger partial charge in [-0.3, -0.25) is 4.79 Å². The molecule has 4 rings (SSSR count). The number of rotatable bonds is 10. The largest absolute Gasteiger partial charge is 0.485 e. The van der Waals surface area contributed by atoms with E-state index in [4.69, 9.17) is 9.47 Å². The smallest absolute Gasteiger partial charge is 0.280 e. The molecule has 13 heteroatoms. The van der Waals surface area contributed by atoms with Gasteiger partial charge < -0.3 is 25.0 Å². The van der Waals surface area contributed by atoms with Gasteiger partial charge in [0.15, 0.2) is 10.8 Å². The van der Waals surface area contributed by atoms with Crippen LogP contribution in [0.3, 0.4) is 0 Å². The van der Waals surface area contributed by atoms with E-state index in [0.717, 1.165) is 38.6 Å². The van der Waals surface area contributed by atoms with Crippen LogP contribution in [0, 0.1) is 5.82 Å². The summed E-state index contributed by atoms with van der Waals surface area (Å²) in [5.74, 6) is 0.151. The fourth-order valence-corrected chi connectivity index (χ4v) is 4.89. The Kier molecular flexibility index (Phi) is 12.3. The highest BCUT2D eigenvalue weighted by Gasteiger charge is 2.27. The molecule has 0 radical (unpaired) electrons. The number of nitrogens with zero attached hydrogens (tertiary/aromatic N) is 4. The molecule has 1 amide bonds. The van der Waals surface area contributed by atoms with Crippen molar-refractivity contribution in [1.29, 1.82) is 0 Å². The summed E-state index contributed by atoms with van der Waals surface area (Å²) in [6.45, 7) is 1.44. The van der Waals surface area contributed by atoms with E-state index in [2.05, 4.69) is 30.5 Å². The molecule has 1 aromatic carbocycles. The molecule has 204 valence electrons. The van der Waals surface area contributed by atoms with Crippen LogP contribution in [-0.4, -0.2) is 72.3 Å². The lowest BCUT2D eigenvalue weighted by Gasteiger charge is -2.31. The zero-order valence-corrected chi connectivity index (χ0v) is 24.0. The van der Waals surface area contributed by atoms with Crippen molar-refractivity contribution in [3.63, 3.8) is 0 Å². The molecule has 1 aliphatic rings. The summed E-state index contributed by atoms with van der Waals surface area (Å²) in [4.78, 5) is 28.3. The Morgan fingerprint density at radius 1 is 1.19 bits per heavy atom. The number of thiazole rings is 1. The van der Waals surface area contributed by atoms with E-state index in [1.54, 1.807) is 13.2 Å². The first-order valence-corrected chi connectivity index (χ1v) is 12.6. The van der Waals surface area contributed by atoms with Crippen molar-refractivity contribution < 1.29 is 18.7 Å². The van der Waals surface area contributed by atoms with Crippen molar-refractivity contribution in [3.8, 4) is 5.75 Å². The summed E-state index contributed by atoms with van der Waals surface area (Å²) in [5.41, 5.74) is 1.02. The number of ether oxygens (including phenoxy) is 2. The molecule has 1 aliphatic carbocycles. The van der Waals surface area contributed by atoms with E-state index >= 15 is 0 Å². The van der Waals surface area contributed by atoms with Crippen LogP contribution >= 0.6 is 38.3 Å². The number of hydrogen-bond donors (Lipinski definition) is 2. The van der Waals surface area contributed by atoms with Gasteiger partial charge >= 0.3 is 0 Å². The highest BCUT2D eigenvalue weighted by molar-refractivity contribution is 7.59. The number of methoxy groups -OCH3 is 1. The maximum atomic E-state index is 14.1. The molecule has 2 heterocycles. The lowest BCUT2D eigenvalue weighted by atomic mass is 9.94. The number of carbonyl (C=O) groups is 1. The van der Waals surface area contributed by atoms with E-state index < -0.39 is 5.82 Å². The normalized spacial score (nSPS) is 17.1. The first-order chi connectivity index (χ1) is 16.9. The number of amides is 1. The molecular weight excluding hydrogens is 536 g/mol. The molecule has 1 saturated carbocycles. The average Bonchev–Trinajstić information content (AvgIpc) is 3.29. The summed E-state index contributed by atoms with van der Waals surface area (Å²) >= 11 is 1.20. The van der Waals surface area contributed by atoms with Gasteiger partial charge in [0.1, 0.15) is 34.3 Å². The second-order valence-corrected chi connectivity index (χ2v) is 9.77. The minimum atomic E-state index is -0.398. The molecule has 0 spiro atoms. The molecular formula is C24H35FN6O3S3. The first kappa shape index (κ1) is 31.0. The van der Waals surface area contributed by atoms with Gasteiger partial charge in [-0.15, -0.1) is 0 Å². The first-order valence-electron chi connectivity index (χ1n) is 11.7. The maximum Gasteiger partial charge on any atom is 0.280 e. The van der Waals surface area contributed by atoms with E-state index in [9.17, 15) is 9.18 Å². The number of nitrogens with one attached hydrogen (secondary N) is 2. The van der Waals surface area contributed by atoms with Gasteiger partial charge in [-0.2, -0.15) is 27.0 Å². The molecule has 9 nitrogen and oxygen atoms in total. The number of anilines is 2. The molecule has 3 aromatic rings. The van der Waals surface area contributed by atoms with Crippen LogP contribution in [0.2, 0.25) is 0 Å². The van der Waals surface area contributed by atoms with Gasteiger partial charge in [-0.1, -0.05) is 17.8 Å². The summed E-state index contributed by atoms with van der Waals surface area (Å²) in [6.07, 6.45) is 5.92. The van der Waals surface area contributed by atoms with Gasteiger partial charge in [0.2, 0.25) is 0 Å². The predicted octanol–water partition coefficient (Wildman–Crippen LogP) is 4.21. The van der Waals surface area contributed by atoms with Gasteiger partial charge in [-0.25, -0.2) is 19.3 Å². The minimum Gasteiger partial charge on any atom is -0.485 e. The van der Waals surface area contributed by atoms with Crippen molar-refractivity contribution in [2.75, 3.05) is 39.6 Å². The van der Waals surface area contributed by atoms with Crippen LogP contribution in [0.5, 0.6) is 5.75 Å². The van der Waals surface area contributed by atoms with Gasteiger partial charge in [0, 0.05) is 19.7 Å². The second-order valence-electron chi connectivity index (χ2n) is 8.79. The third-order valence-electron chi connectivity index (χ3n) is 5.88. The van der Waals surface area contributed by atoms with Crippen molar-refractivity contribution in [1.82, 2.24) is 25.2 Å². The Labute approximate surface area is 234 Å². The molecule has 0 aliphatic heterocycles. The third kappa shape index (κ3) is 8.14. The number of hydrogen-bond acceptors (Lipinski definition) is 9. The summed E-state index contributed by atoms with van der Waals surface area (Å²) < 4.78 is 25.9. The molecule has 2 N–H and O–H groups in total. The highest BCUT2D eigenvalue weighted by Crippen LogP contribution is 2.34. The summed E-state index contributed by atoms with van der Waals surface area (Å²) in [6, 6.07) is 4.32. The van der Waals surface area contributed by atoms with Crippen molar-refractivity contribution in [2.45, 2.75) is 44.3 Å². The molecule has 0 unspecified atom stereocenters. The van der Waals surface area contributed by atoms with Gasteiger partial charge in [0.05, 0.1) is 11.8 Å². The lowest BCUT2D eigenvalue weighted by Crippen LogP contribution is -2.36. The maximum absolute atomic E-state index is 14.1. The number of aromatic nitrogens is 3. The topological polar surface area (TPSA) is 102 Å². The predicted molar refractivity (Wildman–Crippen MR) is 155 cm³/mol. The van der Waals surface area contributed by atoms with Crippen LogP contribution in [0.1, 0.15) is 41.9 Å². The highest BCUT2D eigenvalue weighted by atomic mass is 32.1. The standard InChI is InChI=1S/C24H31FN6O3S.2H2S/c1-31(2)12-6-11-26-22(32)24-30-20-21(27-14-28-23(20)35-24)29-16-10-9-15(25)13-19(16)34-18-8-5-4-7-17(18)33-3;;/h9-10,13-14,17-18H,4-8,11-12H2,1-3H3,(H,26,32)(H,27,28,29);2*1H2/t17-,18-;;/m0../s1. The fraction of sp³-hybridized carbons (Fsp3) is 0.500. The third-order valence-corrected chi connectivity index (χ3v) is 6.84. The van der Waals surface area contributed by atoms with E-state index in [0.29, 0.717) is 39.2 Å². The average molecular weight is 571 g/mol. The van der Waals surface area contributed by atoms with E-state index in [1.165, 1.54) is 29.8 Å². The van der Waals surface area contributed by atoms with Crippen molar-refractivity contribution >= 4 is 66.1 Å². The molecule has 0 bridgehead atoms. The fourth-order valence-electron chi connectivity index (χ4n) is 4.07. The van der Waals surface area contributed by atoms with Crippen molar-refractivity contribution in [2.24, 2.45) is 0 Å². The lowest BCUT2D eigenvalue weighted by molar-refractivity contribution is -0.0227. The van der Waals surface area contributed by atoms with E-state index in [1.807, 2.05) is 14.1 Å². The molecule has 2 atom stereocenters. The van der Waals surface area contributed by atoms with Gasteiger partial charge in [-0.05, 0) is 58.5 Å². The summed E-state index contributed by atoms with van der Waals surface area (Å²) in [5, 5.41) is 6.41. The molecule has 37 heavy (non-hydrogen) atoms. The zero-order chi connectivity index (χ0) is 24.8. The van der Waals surface area contributed by atoms with E-state index in [-0.39, 0.29) is 45.1 Å². The molecule has 0 saturated heterocycles. The summed E-state index contributed by atoms with van der Waals surface area (Å²) in [7, 11) is 5.66. The minimum absolute atomic E-state index is 0. The van der Waals surface area contributed by atoms with Crippen LogP contribution in [0.25, 0.3) is 10.3 Å².